The van der Waals surface area contributed by atoms with E-state index in [0.29, 0.717) is 44.1 Å². The Morgan fingerprint density at radius 2 is 1.65 bits per heavy atom. The molecule has 5 aromatic rings. The summed E-state index contributed by atoms with van der Waals surface area (Å²) in [5.74, 6) is 1.08. The second-order valence-corrected chi connectivity index (χ2v) is 8.46. The zero-order valence-electron chi connectivity index (χ0n) is 18.6. The summed E-state index contributed by atoms with van der Waals surface area (Å²) in [7, 11) is 3.19. The number of nitrogens with one attached hydrogen (secondary N) is 1. The Bertz CT molecular complexity index is 1530. The molecule has 0 atom stereocenters. The number of carbonyl (C=O) groups excluding carboxylic acids is 1. The van der Waals surface area contributed by atoms with Crippen molar-refractivity contribution in [2.24, 2.45) is 0 Å². The minimum absolute atomic E-state index is 0.0409. The number of amides is 1. The van der Waals surface area contributed by atoms with Gasteiger partial charge < -0.3 is 19.4 Å². The zero-order valence-corrected chi connectivity index (χ0v) is 19.4. The van der Waals surface area contributed by atoms with E-state index in [1.807, 2.05) is 58.5 Å². The first-order valence-electron chi connectivity index (χ1n) is 10.6. The number of hydrogen-bond acceptors (Lipinski definition) is 6. The number of nitrogens with zero attached hydrogens (tertiary/aromatic N) is 2. The van der Waals surface area contributed by atoms with Gasteiger partial charge in [-0.3, -0.25) is 9.59 Å². The van der Waals surface area contributed by atoms with Crippen LogP contribution in [0.1, 0.15) is 0 Å². The quantitative estimate of drug-likeness (QED) is 0.355. The molecule has 0 saturated heterocycles. The van der Waals surface area contributed by atoms with Crippen molar-refractivity contribution < 1.29 is 14.3 Å². The second-order valence-electron chi connectivity index (χ2n) is 7.60. The molecule has 0 radical (unpaired) electrons. The van der Waals surface area contributed by atoms with Crippen LogP contribution < -0.4 is 20.2 Å². The number of pyridine rings is 1. The fourth-order valence-corrected chi connectivity index (χ4v) is 4.74. The lowest BCUT2D eigenvalue weighted by Gasteiger charge is -2.14. The molecule has 0 aliphatic rings. The van der Waals surface area contributed by atoms with Gasteiger partial charge in [-0.2, -0.15) is 0 Å². The predicted octanol–water partition coefficient (Wildman–Crippen LogP) is 4.93. The molecule has 170 valence electrons. The maximum atomic E-state index is 13.0. The summed E-state index contributed by atoms with van der Waals surface area (Å²) in [6.07, 6.45) is 0. The van der Waals surface area contributed by atoms with E-state index in [1.54, 1.807) is 32.4 Å². The molecule has 7 nitrogen and oxygen atoms in total. The van der Waals surface area contributed by atoms with Crippen LogP contribution in [0.25, 0.3) is 33.1 Å². The average Bonchev–Trinajstić information content (AvgIpc) is 3.34. The number of benzene rings is 3. The highest BCUT2D eigenvalue weighted by Gasteiger charge is 2.15. The molecule has 0 fully saturated rings. The molecule has 3 aromatic carbocycles. The van der Waals surface area contributed by atoms with Crippen molar-refractivity contribution in [3.05, 3.63) is 82.3 Å². The Labute approximate surface area is 199 Å². The molecule has 0 unspecified atom stereocenters. The van der Waals surface area contributed by atoms with Crippen molar-refractivity contribution in [1.82, 2.24) is 9.55 Å². The van der Waals surface area contributed by atoms with Crippen molar-refractivity contribution in [3.8, 4) is 22.8 Å². The smallest absolute Gasteiger partial charge is 0.246 e. The molecule has 0 saturated carbocycles. The monoisotopic (exact) mass is 471 g/mol. The van der Waals surface area contributed by atoms with Gasteiger partial charge in [0.05, 0.1) is 30.9 Å². The highest BCUT2D eigenvalue weighted by Crippen LogP contribution is 2.34. The van der Waals surface area contributed by atoms with Gasteiger partial charge in [0, 0.05) is 27.8 Å². The number of ether oxygens (including phenoxy) is 2. The highest BCUT2D eigenvalue weighted by molar-refractivity contribution is 7.14. The standard InChI is InChI=1S/C26H21N3O4S/c1-32-16-11-12-17(23(13-16)33-2)20-15-34-26(27-20)28-24(30)14-29-21-9-5-3-7-18(21)25(31)19-8-4-6-10-22(19)29/h3-13,15H,14H2,1-2H3,(H,27,28,30). The van der Waals surface area contributed by atoms with Gasteiger partial charge in [-0.1, -0.05) is 24.3 Å². The van der Waals surface area contributed by atoms with Crippen LogP contribution in [0.5, 0.6) is 11.5 Å². The van der Waals surface area contributed by atoms with E-state index >= 15 is 0 Å². The van der Waals surface area contributed by atoms with E-state index in [1.165, 1.54) is 11.3 Å². The number of fused-ring (bicyclic) bond motifs is 2. The SMILES string of the molecule is COc1ccc(-c2csc(NC(=O)Cn3c4ccccc4c(=O)c4ccccc43)n2)c(OC)c1. The fraction of sp³-hybridized carbons (Fsp3) is 0.115. The summed E-state index contributed by atoms with van der Waals surface area (Å²) in [5, 5.41) is 6.39. The molecule has 0 aliphatic heterocycles. The van der Waals surface area contributed by atoms with Gasteiger partial charge in [-0.05, 0) is 36.4 Å². The van der Waals surface area contributed by atoms with E-state index in [9.17, 15) is 9.59 Å². The van der Waals surface area contributed by atoms with Gasteiger partial charge in [0.2, 0.25) is 5.91 Å². The van der Waals surface area contributed by atoms with Gasteiger partial charge in [0.25, 0.3) is 0 Å². The predicted molar refractivity (Wildman–Crippen MR) is 135 cm³/mol. The fourth-order valence-electron chi connectivity index (χ4n) is 4.01. The van der Waals surface area contributed by atoms with E-state index in [2.05, 4.69) is 10.3 Å². The first kappa shape index (κ1) is 21.7. The summed E-state index contributed by atoms with van der Waals surface area (Å²) in [6, 6.07) is 20.2. The number of aromatic nitrogens is 2. The summed E-state index contributed by atoms with van der Waals surface area (Å²) >= 11 is 1.33. The number of rotatable bonds is 6. The Morgan fingerprint density at radius 1 is 0.971 bits per heavy atom. The molecule has 34 heavy (non-hydrogen) atoms. The van der Waals surface area contributed by atoms with Crippen molar-refractivity contribution in [3.63, 3.8) is 0 Å². The van der Waals surface area contributed by atoms with E-state index < -0.39 is 0 Å². The third-order valence-corrected chi connectivity index (χ3v) is 6.37. The molecule has 1 amide bonds. The molecule has 8 heteroatoms. The molecule has 0 bridgehead atoms. The molecular weight excluding hydrogens is 450 g/mol. The summed E-state index contributed by atoms with van der Waals surface area (Å²) in [4.78, 5) is 30.5. The maximum absolute atomic E-state index is 13.0. The lowest BCUT2D eigenvalue weighted by Crippen LogP contribution is -2.21. The topological polar surface area (TPSA) is 82.5 Å². The number of carbonyl (C=O) groups is 1. The van der Waals surface area contributed by atoms with E-state index in [-0.39, 0.29) is 17.9 Å². The molecule has 2 heterocycles. The van der Waals surface area contributed by atoms with E-state index in [4.69, 9.17) is 9.47 Å². The minimum Gasteiger partial charge on any atom is -0.497 e. The van der Waals surface area contributed by atoms with Crippen molar-refractivity contribution in [1.29, 1.82) is 0 Å². The first-order chi connectivity index (χ1) is 16.6. The van der Waals surface area contributed by atoms with Gasteiger partial charge in [-0.25, -0.2) is 4.98 Å². The first-order valence-corrected chi connectivity index (χ1v) is 11.4. The summed E-state index contributed by atoms with van der Waals surface area (Å²) in [5.41, 5.74) is 2.88. The third-order valence-electron chi connectivity index (χ3n) is 5.62. The average molecular weight is 472 g/mol. The van der Waals surface area contributed by atoms with Crippen molar-refractivity contribution in [2.45, 2.75) is 6.54 Å². The number of hydrogen-bond donors (Lipinski definition) is 1. The highest BCUT2D eigenvalue weighted by atomic mass is 32.1. The molecular formula is C26H21N3O4S. The number of anilines is 1. The molecule has 0 aliphatic carbocycles. The third kappa shape index (κ3) is 3.88. The van der Waals surface area contributed by atoms with Crippen LogP contribution in [-0.2, 0) is 11.3 Å². The largest absolute Gasteiger partial charge is 0.497 e. The number of para-hydroxylation sites is 2. The van der Waals surface area contributed by atoms with Crippen LogP contribution in [0.4, 0.5) is 5.13 Å². The van der Waals surface area contributed by atoms with Crippen molar-refractivity contribution in [2.75, 3.05) is 19.5 Å². The van der Waals surface area contributed by atoms with Crippen LogP contribution in [0.3, 0.4) is 0 Å². The molecule has 5 rings (SSSR count). The Hall–Kier alpha value is -4.17. The van der Waals surface area contributed by atoms with Gasteiger partial charge in [0.1, 0.15) is 18.0 Å². The van der Waals surface area contributed by atoms with Crippen LogP contribution in [0, 0.1) is 0 Å². The van der Waals surface area contributed by atoms with Gasteiger partial charge in [0.15, 0.2) is 10.6 Å². The molecule has 2 aromatic heterocycles. The molecule has 1 N–H and O–H groups in total. The Kier molecular flexibility index (Phi) is 5.73. The van der Waals surface area contributed by atoms with Crippen LogP contribution in [0.2, 0.25) is 0 Å². The van der Waals surface area contributed by atoms with Crippen LogP contribution >= 0.6 is 11.3 Å². The van der Waals surface area contributed by atoms with Crippen LogP contribution in [0.15, 0.2) is 76.9 Å². The maximum Gasteiger partial charge on any atom is 0.246 e. The van der Waals surface area contributed by atoms with Gasteiger partial charge in [-0.15, -0.1) is 11.3 Å². The Morgan fingerprint density at radius 3 is 2.29 bits per heavy atom. The summed E-state index contributed by atoms with van der Waals surface area (Å²) < 4.78 is 12.6. The van der Waals surface area contributed by atoms with Crippen LogP contribution in [-0.4, -0.2) is 29.7 Å². The minimum atomic E-state index is -0.235. The zero-order chi connectivity index (χ0) is 23.7. The Balaban J connectivity index is 1.45. The van der Waals surface area contributed by atoms with Crippen molar-refractivity contribution >= 4 is 44.2 Å². The normalized spacial score (nSPS) is 11.0. The van der Waals surface area contributed by atoms with Gasteiger partial charge >= 0.3 is 0 Å². The number of methoxy groups -OCH3 is 2. The second kappa shape index (κ2) is 8.99. The molecule has 0 spiro atoms. The summed E-state index contributed by atoms with van der Waals surface area (Å²) in [6.45, 7) is 0.0437. The number of thiazole rings is 1. The van der Waals surface area contributed by atoms with E-state index in [0.717, 1.165) is 5.56 Å². The lowest BCUT2D eigenvalue weighted by molar-refractivity contribution is -0.116. The lowest BCUT2D eigenvalue weighted by atomic mass is 10.1.